The van der Waals surface area contributed by atoms with Crippen LogP contribution in [0.3, 0.4) is 0 Å². The molecular formula is C20H22N2O4S. The summed E-state index contributed by atoms with van der Waals surface area (Å²) < 4.78 is 5.20. The van der Waals surface area contributed by atoms with Gasteiger partial charge in [-0.25, -0.2) is 4.79 Å². The van der Waals surface area contributed by atoms with E-state index in [4.69, 9.17) is 4.74 Å². The highest BCUT2D eigenvalue weighted by atomic mass is 32.1. The molecule has 1 saturated carbocycles. The van der Waals surface area contributed by atoms with Crippen molar-refractivity contribution in [2.45, 2.75) is 33.6 Å². The summed E-state index contributed by atoms with van der Waals surface area (Å²) in [4.78, 5) is 37.6. The average Bonchev–Trinajstić information content (AvgIpc) is 3.43. The first-order valence-electron chi connectivity index (χ1n) is 8.80. The first-order valence-corrected chi connectivity index (χ1v) is 9.62. The summed E-state index contributed by atoms with van der Waals surface area (Å²) in [6.45, 7) is 5.18. The number of esters is 1. The van der Waals surface area contributed by atoms with Crippen LogP contribution >= 0.6 is 11.3 Å². The number of hydrogen-bond donors (Lipinski definition) is 2. The number of carbonyl (C=O) groups is 3. The van der Waals surface area contributed by atoms with E-state index in [1.807, 2.05) is 39.0 Å². The fourth-order valence-corrected chi connectivity index (χ4v) is 3.67. The molecular weight excluding hydrogens is 364 g/mol. The number of benzene rings is 1. The zero-order chi connectivity index (χ0) is 19.6. The largest absolute Gasteiger partial charge is 0.452 e. The number of aryl methyl sites for hydroxylation is 2. The van der Waals surface area contributed by atoms with E-state index in [2.05, 4.69) is 10.6 Å². The van der Waals surface area contributed by atoms with Gasteiger partial charge in [-0.05, 0) is 50.8 Å². The van der Waals surface area contributed by atoms with Crippen LogP contribution in [0.15, 0.2) is 24.3 Å². The van der Waals surface area contributed by atoms with E-state index in [-0.39, 0.29) is 11.8 Å². The van der Waals surface area contributed by atoms with Crippen LogP contribution in [-0.2, 0) is 14.3 Å². The molecule has 0 radical (unpaired) electrons. The number of thiophene rings is 1. The molecule has 1 aromatic carbocycles. The Kier molecular flexibility index (Phi) is 5.60. The van der Waals surface area contributed by atoms with Gasteiger partial charge in [0.1, 0.15) is 5.00 Å². The fourth-order valence-electron chi connectivity index (χ4n) is 2.62. The van der Waals surface area contributed by atoms with Crippen molar-refractivity contribution in [2.24, 2.45) is 5.92 Å². The number of nitrogens with one attached hydrogen (secondary N) is 2. The van der Waals surface area contributed by atoms with Gasteiger partial charge in [-0.15, -0.1) is 11.3 Å². The molecule has 2 N–H and O–H groups in total. The third-order valence-corrected chi connectivity index (χ3v) is 5.65. The Morgan fingerprint density at radius 2 is 1.81 bits per heavy atom. The highest BCUT2D eigenvalue weighted by Gasteiger charge is 2.31. The Bertz CT molecular complexity index is 899. The van der Waals surface area contributed by atoms with Gasteiger partial charge in [0, 0.05) is 16.5 Å². The smallest absolute Gasteiger partial charge is 0.341 e. The summed E-state index contributed by atoms with van der Waals surface area (Å²) in [7, 11) is 0. The van der Waals surface area contributed by atoms with Crippen LogP contribution in [0.4, 0.5) is 10.7 Å². The summed E-state index contributed by atoms with van der Waals surface area (Å²) in [5.74, 6) is -1.05. The van der Waals surface area contributed by atoms with Crippen molar-refractivity contribution in [3.63, 3.8) is 0 Å². The lowest BCUT2D eigenvalue weighted by molar-refractivity contribution is -0.119. The minimum atomic E-state index is -0.608. The lowest BCUT2D eigenvalue weighted by atomic mass is 10.1. The normalized spacial score (nSPS) is 13.1. The highest BCUT2D eigenvalue weighted by molar-refractivity contribution is 7.16. The molecule has 2 aromatic rings. The molecule has 1 aliphatic rings. The van der Waals surface area contributed by atoms with Crippen molar-refractivity contribution in [1.29, 1.82) is 0 Å². The SMILES string of the molecule is Cc1ccccc1NC(=O)COC(=O)c1c(NC(=O)C2CC2)sc(C)c1C. The third kappa shape index (κ3) is 4.54. The fraction of sp³-hybridized carbons (Fsp3) is 0.350. The number of anilines is 2. The van der Waals surface area contributed by atoms with Crippen LogP contribution in [-0.4, -0.2) is 24.4 Å². The first kappa shape index (κ1) is 19.1. The zero-order valence-corrected chi connectivity index (χ0v) is 16.4. The lowest BCUT2D eigenvalue weighted by Crippen LogP contribution is -2.22. The summed E-state index contributed by atoms with van der Waals surface area (Å²) in [6.07, 6.45) is 1.77. The molecule has 1 heterocycles. The van der Waals surface area contributed by atoms with E-state index in [1.54, 1.807) is 6.07 Å². The second-order valence-corrected chi connectivity index (χ2v) is 7.91. The van der Waals surface area contributed by atoms with E-state index in [0.29, 0.717) is 16.3 Å². The van der Waals surface area contributed by atoms with Crippen LogP contribution in [0.5, 0.6) is 0 Å². The van der Waals surface area contributed by atoms with Crippen molar-refractivity contribution in [3.8, 4) is 0 Å². The van der Waals surface area contributed by atoms with E-state index in [1.165, 1.54) is 11.3 Å². The number of para-hydroxylation sites is 1. The summed E-state index contributed by atoms with van der Waals surface area (Å²) in [5, 5.41) is 6.04. The molecule has 1 fully saturated rings. The van der Waals surface area contributed by atoms with Crippen LogP contribution in [0.1, 0.15) is 39.2 Å². The molecule has 2 amide bonds. The Morgan fingerprint density at radius 1 is 1.11 bits per heavy atom. The monoisotopic (exact) mass is 386 g/mol. The molecule has 1 aliphatic carbocycles. The molecule has 0 atom stereocenters. The molecule has 7 heteroatoms. The van der Waals surface area contributed by atoms with Gasteiger partial charge in [-0.3, -0.25) is 9.59 Å². The first-order chi connectivity index (χ1) is 12.9. The quantitative estimate of drug-likeness (QED) is 0.739. The van der Waals surface area contributed by atoms with Gasteiger partial charge >= 0.3 is 5.97 Å². The Labute approximate surface area is 161 Å². The number of ether oxygens (including phenoxy) is 1. The average molecular weight is 386 g/mol. The van der Waals surface area contributed by atoms with E-state index in [9.17, 15) is 14.4 Å². The van der Waals surface area contributed by atoms with Gasteiger partial charge in [0.25, 0.3) is 5.91 Å². The molecule has 0 aliphatic heterocycles. The molecule has 3 rings (SSSR count). The number of carbonyl (C=O) groups excluding carboxylic acids is 3. The molecule has 1 aromatic heterocycles. The Balaban J connectivity index is 1.64. The Morgan fingerprint density at radius 3 is 2.48 bits per heavy atom. The van der Waals surface area contributed by atoms with E-state index < -0.39 is 18.5 Å². The van der Waals surface area contributed by atoms with Gasteiger partial charge < -0.3 is 15.4 Å². The molecule has 0 spiro atoms. The van der Waals surface area contributed by atoms with Gasteiger partial charge in [-0.1, -0.05) is 18.2 Å². The summed E-state index contributed by atoms with van der Waals surface area (Å²) in [5.41, 5.74) is 2.69. The lowest BCUT2D eigenvalue weighted by Gasteiger charge is -2.10. The maximum atomic E-state index is 12.5. The van der Waals surface area contributed by atoms with E-state index >= 15 is 0 Å². The van der Waals surface area contributed by atoms with Crippen molar-refractivity contribution >= 4 is 39.8 Å². The zero-order valence-electron chi connectivity index (χ0n) is 15.5. The van der Waals surface area contributed by atoms with Crippen LogP contribution in [0.2, 0.25) is 0 Å². The summed E-state index contributed by atoms with van der Waals surface area (Å²) in [6, 6.07) is 7.37. The van der Waals surface area contributed by atoms with Crippen molar-refractivity contribution in [1.82, 2.24) is 0 Å². The van der Waals surface area contributed by atoms with Crippen LogP contribution in [0.25, 0.3) is 0 Å². The molecule has 0 saturated heterocycles. The maximum Gasteiger partial charge on any atom is 0.341 e. The minimum Gasteiger partial charge on any atom is -0.452 e. The van der Waals surface area contributed by atoms with Crippen molar-refractivity contribution in [2.75, 3.05) is 17.2 Å². The Hall–Kier alpha value is -2.67. The van der Waals surface area contributed by atoms with Crippen molar-refractivity contribution < 1.29 is 19.1 Å². The number of hydrogen-bond acceptors (Lipinski definition) is 5. The topological polar surface area (TPSA) is 84.5 Å². The predicted octanol–water partition coefficient (Wildman–Crippen LogP) is 3.82. The number of amides is 2. The maximum absolute atomic E-state index is 12.5. The number of rotatable bonds is 6. The van der Waals surface area contributed by atoms with Crippen molar-refractivity contribution in [3.05, 3.63) is 45.8 Å². The molecule has 142 valence electrons. The highest BCUT2D eigenvalue weighted by Crippen LogP contribution is 2.36. The van der Waals surface area contributed by atoms with Gasteiger partial charge in [0.15, 0.2) is 6.61 Å². The second-order valence-electron chi connectivity index (χ2n) is 6.69. The standard InChI is InChI=1S/C20H22N2O4S/c1-11-6-4-5-7-15(11)21-16(23)10-26-20(25)17-12(2)13(3)27-19(17)22-18(24)14-8-9-14/h4-7,14H,8-10H2,1-3H3,(H,21,23)(H,22,24). The van der Waals surface area contributed by atoms with Gasteiger partial charge in [0.2, 0.25) is 5.91 Å². The van der Waals surface area contributed by atoms with E-state index in [0.717, 1.165) is 28.8 Å². The van der Waals surface area contributed by atoms with Crippen LogP contribution < -0.4 is 10.6 Å². The second kappa shape index (κ2) is 7.92. The third-order valence-electron chi connectivity index (χ3n) is 4.53. The molecule has 6 nitrogen and oxygen atoms in total. The minimum absolute atomic E-state index is 0.0384. The molecule has 27 heavy (non-hydrogen) atoms. The predicted molar refractivity (Wildman–Crippen MR) is 105 cm³/mol. The molecule has 0 bridgehead atoms. The van der Waals surface area contributed by atoms with Gasteiger partial charge in [0.05, 0.1) is 5.56 Å². The van der Waals surface area contributed by atoms with Crippen LogP contribution in [0, 0.1) is 26.7 Å². The summed E-state index contributed by atoms with van der Waals surface area (Å²) >= 11 is 1.35. The van der Waals surface area contributed by atoms with Gasteiger partial charge in [-0.2, -0.15) is 0 Å². The molecule has 0 unspecified atom stereocenters.